The van der Waals surface area contributed by atoms with Crippen molar-refractivity contribution in [2.24, 2.45) is 4.99 Å². The van der Waals surface area contributed by atoms with Crippen LogP contribution in [0.1, 0.15) is 5.56 Å². The van der Waals surface area contributed by atoms with Crippen LogP contribution in [0.4, 0.5) is 16.3 Å². The summed E-state index contributed by atoms with van der Waals surface area (Å²) in [4.78, 5) is 23.5. The number of benzene rings is 2. The Morgan fingerprint density at radius 3 is 2.50 bits per heavy atom. The molecular weight excluding hydrogens is 360 g/mol. The molecule has 0 aliphatic carbocycles. The molecule has 28 heavy (non-hydrogen) atoms. The summed E-state index contributed by atoms with van der Waals surface area (Å²) in [6.45, 7) is 0.261. The van der Waals surface area contributed by atoms with Crippen LogP contribution in [-0.2, 0) is 11.2 Å². The van der Waals surface area contributed by atoms with Crippen LogP contribution in [0.2, 0.25) is 0 Å². The number of aromatic nitrogens is 2. The first-order valence-corrected chi connectivity index (χ1v) is 8.62. The highest BCUT2D eigenvalue weighted by Gasteiger charge is 2.15. The van der Waals surface area contributed by atoms with Crippen LogP contribution in [0, 0.1) is 0 Å². The number of rotatable bonds is 6. The highest BCUT2D eigenvalue weighted by Crippen LogP contribution is 2.34. The predicted octanol–water partition coefficient (Wildman–Crippen LogP) is 3.52. The van der Waals surface area contributed by atoms with E-state index in [-0.39, 0.29) is 6.61 Å². The van der Waals surface area contributed by atoms with Crippen molar-refractivity contribution in [3.8, 4) is 11.5 Å². The summed E-state index contributed by atoms with van der Waals surface area (Å²) >= 11 is 0. The standard InChI is InChI=1S/C20H18N4O4/c1-26-17-8-15-16(9-18(17)27-2)21-11-22-19(15)23-13-5-3-12(4-6-13)7-14-10-28-20(25)24-14/h3-6,8-9,11H,7,10H2,1-2H3,(H,21,22,23). The van der Waals surface area contributed by atoms with Gasteiger partial charge in [-0.25, -0.2) is 14.8 Å². The van der Waals surface area contributed by atoms with Crippen molar-refractivity contribution in [1.82, 2.24) is 9.97 Å². The van der Waals surface area contributed by atoms with Gasteiger partial charge in [0.15, 0.2) is 11.5 Å². The fraction of sp³-hybridized carbons (Fsp3) is 0.200. The van der Waals surface area contributed by atoms with Crippen LogP contribution in [0.25, 0.3) is 10.9 Å². The molecule has 1 aliphatic rings. The van der Waals surface area contributed by atoms with E-state index in [1.54, 1.807) is 14.2 Å². The Labute approximate surface area is 161 Å². The second-order valence-corrected chi connectivity index (χ2v) is 6.18. The van der Waals surface area contributed by atoms with E-state index in [2.05, 4.69) is 20.3 Å². The van der Waals surface area contributed by atoms with Gasteiger partial charge in [-0.2, -0.15) is 4.99 Å². The normalized spacial score (nSPS) is 13.2. The van der Waals surface area contributed by atoms with E-state index in [0.29, 0.717) is 23.7 Å². The topological polar surface area (TPSA) is 94.9 Å². The zero-order valence-electron chi connectivity index (χ0n) is 15.4. The van der Waals surface area contributed by atoms with Gasteiger partial charge >= 0.3 is 6.09 Å². The van der Waals surface area contributed by atoms with Crippen molar-refractivity contribution in [2.75, 3.05) is 26.1 Å². The Hall–Kier alpha value is -3.68. The number of methoxy groups -OCH3 is 2. The second-order valence-electron chi connectivity index (χ2n) is 6.18. The van der Waals surface area contributed by atoms with Gasteiger partial charge in [-0.1, -0.05) is 12.1 Å². The number of hydrogen-bond donors (Lipinski definition) is 1. The Morgan fingerprint density at radius 2 is 1.82 bits per heavy atom. The van der Waals surface area contributed by atoms with Gasteiger partial charge in [-0.3, -0.25) is 0 Å². The molecule has 0 atom stereocenters. The van der Waals surface area contributed by atoms with Gasteiger partial charge < -0.3 is 19.5 Å². The number of hydrogen-bond acceptors (Lipinski definition) is 7. The number of ether oxygens (including phenoxy) is 3. The van der Waals surface area contributed by atoms with Crippen LogP contribution in [0.3, 0.4) is 0 Å². The molecule has 8 nitrogen and oxygen atoms in total. The molecule has 3 aromatic rings. The number of anilines is 2. The van der Waals surface area contributed by atoms with E-state index < -0.39 is 6.09 Å². The van der Waals surface area contributed by atoms with Gasteiger partial charge in [0.25, 0.3) is 0 Å². The molecule has 4 rings (SSSR count). The van der Waals surface area contributed by atoms with Crippen LogP contribution in [-0.4, -0.2) is 42.6 Å². The molecule has 2 heterocycles. The summed E-state index contributed by atoms with van der Waals surface area (Å²) in [6, 6.07) is 11.5. The maximum absolute atomic E-state index is 11.0. The van der Waals surface area contributed by atoms with Crippen molar-refractivity contribution in [3.63, 3.8) is 0 Å². The number of nitrogens with zero attached hydrogens (tertiary/aromatic N) is 3. The molecule has 0 bridgehead atoms. The molecule has 2 aromatic carbocycles. The summed E-state index contributed by atoms with van der Waals surface area (Å²) < 4.78 is 15.5. The minimum Gasteiger partial charge on any atom is -0.493 e. The van der Waals surface area contributed by atoms with Crippen LogP contribution < -0.4 is 14.8 Å². The number of carbonyl (C=O) groups is 1. The molecule has 0 spiro atoms. The third-order valence-electron chi connectivity index (χ3n) is 4.38. The minimum absolute atomic E-state index is 0.261. The quantitative estimate of drug-likeness (QED) is 0.701. The monoisotopic (exact) mass is 378 g/mol. The van der Waals surface area contributed by atoms with E-state index in [9.17, 15) is 4.79 Å². The van der Waals surface area contributed by atoms with Gasteiger partial charge in [0.05, 0.1) is 25.4 Å². The molecule has 0 saturated heterocycles. The third-order valence-corrected chi connectivity index (χ3v) is 4.38. The SMILES string of the molecule is COc1cc2ncnc(Nc3ccc(CC4=NC(=O)OC4)cc3)c2cc1OC. The van der Waals surface area contributed by atoms with E-state index in [0.717, 1.165) is 27.9 Å². The highest BCUT2D eigenvalue weighted by molar-refractivity contribution is 6.00. The fourth-order valence-corrected chi connectivity index (χ4v) is 2.99. The summed E-state index contributed by atoms with van der Waals surface area (Å²) in [5.41, 5.74) is 3.39. The van der Waals surface area contributed by atoms with Crippen LogP contribution in [0.5, 0.6) is 11.5 Å². The minimum atomic E-state index is -0.518. The molecule has 1 N–H and O–H groups in total. The first-order chi connectivity index (χ1) is 13.7. The van der Waals surface area contributed by atoms with Gasteiger partial charge in [0.2, 0.25) is 0 Å². The van der Waals surface area contributed by atoms with Crippen LogP contribution in [0.15, 0.2) is 47.7 Å². The largest absolute Gasteiger partial charge is 0.493 e. The predicted molar refractivity (Wildman–Crippen MR) is 105 cm³/mol. The zero-order chi connectivity index (χ0) is 19.5. The van der Waals surface area contributed by atoms with E-state index in [4.69, 9.17) is 14.2 Å². The average Bonchev–Trinajstić information content (AvgIpc) is 3.13. The van der Waals surface area contributed by atoms with Gasteiger partial charge in [0.1, 0.15) is 18.8 Å². The molecule has 0 unspecified atom stereocenters. The maximum atomic E-state index is 11.0. The smallest absolute Gasteiger partial charge is 0.434 e. The fourth-order valence-electron chi connectivity index (χ4n) is 2.99. The molecule has 1 amide bonds. The molecular formula is C20H18N4O4. The molecule has 0 saturated carbocycles. The van der Waals surface area contributed by atoms with E-state index in [1.165, 1.54) is 6.33 Å². The molecule has 0 fully saturated rings. The Kier molecular flexibility index (Phi) is 4.76. The van der Waals surface area contributed by atoms with Crippen molar-refractivity contribution >= 4 is 34.2 Å². The first kappa shape index (κ1) is 17.7. The van der Waals surface area contributed by atoms with Gasteiger partial charge in [0, 0.05) is 23.6 Å². The Morgan fingerprint density at radius 1 is 1.07 bits per heavy atom. The average molecular weight is 378 g/mol. The number of cyclic esters (lactones) is 1. The molecule has 1 aromatic heterocycles. The van der Waals surface area contributed by atoms with E-state index in [1.807, 2.05) is 36.4 Å². The highest BCUT2D eigenvalue weighted by atomic mass is 16.6. The van der Waals surface area contributed by atoms with E-state index >= 15 is 0 Å². The lowest BCUT2D eigenvalue weighted by Crippen LogP contribution is -2.05. The Bertz CT molecular complexity index is 1060. The molecule has 1 aliphatic heterocycles. The van der Waals surface area contributed by atoms with Gasteiger partial charge in [-0.15, -0.1) is 0 Å². The lowest BCUT2D eigenvalue weighted by Gasteiger charge is -2.12. The summed E-state index contributed by atoms with van der Waals surface area (Å²) in [6.07, 6.45) is 1.57. The second kappa shape index (κ2) is 7.51. The lowest BCUT2D eigenvalue weighted by atomic mass is 10.1. The summed E-state index contributed by atoms with van der Waals surface area (Å²) in [5, 5.41) is 4.13. The summed E-state index contributed by atoms with van der Waals surface area (Å²) in [5.74, 6) is 1.89. The molecule has 8 heteroatoms. The third kappa shape index (κ3) is 3.57. The van der Waals surface area contributed by atoms with Crippen LogP contribution >= 0.6 is 0 Å². The lowest BCUT2D eigenvalue weighted by molar-refractivity contribution is 0.181. The first-order valence-electron chi connectivity index (χ1n) is 8.62. The molecule has 142 valence electrons. The maximum Gasteiger partial charge on any atom is 0.434 e. The number of amides is 1. The van der Waals surface area contributed by atoms with Crippen molar-refractivity contribution in [2.45, 2.75) is 6.42 Å². The number of carbonyl (C=O) groups excluding carboxylic acids is 1. The number of aliphatic imine (C=N–C) groups is 1. The number of fused-ring (bicyclic) bond motifs is 1. The summed E-state index contributed by atoms with van der Waals surface area (Å²) in [7, 11) is 3.18. The molecule has 0 radical (unpaired) electrons. The Balaban J connectivity index is 1.57. The zero-order valence-corrected chi connectivity index (χ0v) is 15.4. The number of nitrogens with one attached hydrogen (secondary N) is 1. The van der Waals surface area contributed by atoms with Crippen molar-refractivity contribution in [1.29, 1.82) is 0 Å². The van der Waals surface area contributed by atoms with Gasteiger partial charge in [-0.05, 0) is 23.8 Å². The van der Waals surface area contributed by atoms with Crippen molar-refractivity contribution < 1.29 is 19.0 Å². The van der Waals surface area contributed by atoms with Crippen molar-refractivity contribution in [3.05, 3.63) is 48.3 Å².